The normalized spacial score (nSPS) is 15.6. The van der Waals surface area contributed by atoms with Gasteiger partial charge in [0.2, 0.25) is 0 Å². The van der Waals surface area contributed by atoms with Crippen LogP contribution in [-0.2, 0) is 9.53 Å². The molecule has 94 valence electrons. The van der Waals surface area contributed by atoms with Crippen molar-refractivity contribution in [2.24, 2.45) is 0 Å². The minimum atomic E-state index is -0.589. The molecule has 1 aromatic rings. The van der Waals surface area contributed by atoms with Crippen molar-refractivity contribution in [1.29, 1.82) is 5.26 Å². The van der Waals surface area contributed by atoms with E-state index in [0.29, 0.717) is 11.6 Å². The van der Waals surface area contributed by atoms with Crippen LogP contribution in [0.2, 0.25) is 0 Å². The highest BCUT2D eigenvalue weighted by Gasteiger charge is 2.26. The van der Waals surface area contributed by atoms with Gasteiger partial charge in [-0.3, -0.25) is 0 Å². The van der Waals surface area contributed by atoms with E-state index >= 15 is 0 Å². The highest BCUT2D eigenvalue weighted by Crippen LogP contribution is 2.41. The number of hydrogen-bond acceptors (Lipinski definition) is 5. The summed E-state index contributed by atoms with van der Waals surface area (Å²) in [5.41, 5.74) is 0.663. The molecule has 1 fully saturated rings. The Morgan fingerprint density at radius 1 is 1.67 bits per heavy atom. The first-order chi connectivity index (χ1) is 8.60. The van der Waals surface area contributed by atoms with Gasteiger partial charge in [0.05, 0.1) is 16.8 Å². The van der Waals surface area contributed by atoms with Gasteiger partial charge in [0, 0.05) is 11.3 Å². The molecule has 1 aliphatic carbocycles. The van der Waals surface area contributed by atoms with Gasteiger partial charge in [-0.1, -0.05) is 0 Å². The number of carbonyl (C=O) groups is 1. The van der Waals surface area contributed by atoms with Crippen molar-refractivity contribution >= 4 is 23.4 Å². The summed E-state index contributed by atoms with van der Waals surface area (Å²) in [6.45, 7) is 3.50. The van der Waals surface area contributed by atoms with Gasteiger partial charge < -0.3 is 4.74 Å². The highest BCUT2D eigenvalue weighted by atomic mass is 32.1. The number of thiazole rings is 1. The summed E-state index contributed by atoms with van der Waals surface area (Å²) >= 11 is 1.58. The third-order valence-electron chi connectivity index (χ3n) is 2.44. The molecule has 1 saturated carbocycles. The quantitative estimate of drug-likeness (QED) is 0.475. The van der Waals surface area contributed by atoms with Gasteiger partial charge in [0.25, 0.3) is 0 Å². The molecule has 2 rings (SSSR count). The Morgan fingerprint density at radius 2 is 2.39 bits per heavy atom. The van der Waals surface area contributed by atoms with E-state index in [1.54, 1.807) is 25.2 Å². The van der Waals surface area contributed by atoms with Crippen LogP contribution in [-0.4, -0.2) is 17.1 Å². The van der Waals surface area contributed by atoms with E-state index in [2.05, 4.69) is 4.98 Å². The second-order valence-electron chi connectivity index (χ2n) is 4.51. The first kappa shape index (κ1) is 12.8. The van der Waals surface area contributed by atoms with Crippen LogP contribution in [0.15, 0.2) is 11.0 Å². The van der Waals surface area contributed by atoms with Gasteiger partial charge >= 0.3 is 5.97 Å². The van der Waals surface area contributed by atoms with Crippen molar-refractivity contribution in [3.05, 3.63) is 21.7 Å². The minimum Gasteiger partial charge on any atom is -0.459 e. The molecule has 0 bridgehead atoms. The third-order valence-corrected chi connectivity index (χ3v) is 3.47. The van der Waals surface area contributed by atoms with Gasteiger partial charge in [-0.25, -0.2) is 9.78 Å². The van der Waals surface area contributed by atoms with Crippen LogP contribution in [0.3, 0.4) is 0 Å². The number of carbonyl (C=O) groups excluding carboxylic acids is 1. The predicted octanol–water partition coefficient (Wildman–Crippen LogP) is 2.88. The predicted molar refractivity (Wildman–Crippen MR) is 68.9 cm³/mol. The fourth-order valence-corrected chi connectivity index (χ4v) is 2.40. The second-order valence-corrected chi connectivity index (χ2v) is 5.40. The molecule has 0 saturated heterocycles. The van der Waals surface area contributed by atoms with Gasteiger partial charge in [0.1, 0.15) is 11.6 Å². The van der Waals surface area contributed by atoms with Crippen molar-refractivity contribution < 1.29 is 9.53 Å². The maximum Gasteiger partial charge on any atom is 0.349 e. The van der Waals surface area contributed by atoms with Gasteiger partial charge in [-0.05, 0) is 32.8 Å². The van der Waals surface area contributed by atoms with Crippen molar-refractivity contribution in [3.63, 3.8) is 0 Å². The summed E-state index contributed by atoms with van der Waals surface area (Å²) in [4.78, 5) is 16.0. The molecule has 0 atom stereocenters. The summed E-state index contributed by atoms with van der Waals surface area (Å²) in [5.74, 6) is -0.00114. The van der Waals surface area contributed by atoms with Crippen LogP contribution in [0, 0.1) is 11.3 Å². The second kappa shape index (κ2) is 5.32. The summed E-state index contributed by atoms with van der Waals surface area (Å²) in [6.07, 6.45) is 3.65. The number of aromatic nitrogens is 1. The molecule has 1 heterocycles. The van der Waals surface area contributed by atoms with Crippen LogP contribution in [0.25, 0.3) is 6.08 Å². The van der Waals surface area contributed by atoms with Crippen LogP contribution >= 0.6 is 11.3 Å². The number of nitriles is 1. The molecule has 0 aromatic carbocycles. The van der Waals surface area contributed by atoms with E-state index in [0.717, 1.165) is 5.01 Å². The van der Waals surface area contributed by atoms with E-state index in [4.69, 9.17) is 10.00 Å². The summed E-state index contributed by atoms with van der Waals surface area (Å²) < 4.78 is 4.99. The van der Waals surface area contributed by atoms with Gasteiger partial charge in [-0.2, -0.15) is 5.26 Å². The van der Waals surface area contributed by atoms with E-state index in [1.165, 1.54) is 18.9 Å². The lowest BCUT2D eigenvalue weighted by atomic mass is 10.2. The number of rotatable bonds is 4. The Hall–Kier alpha value is -1.67. The molecular formula is C13H14N2O2S. The van der Waals surface area contributed by atoms with E-state index in [9.17, 15) is 4.79 Å². The maximum absolute atomic E-state index is 11.6. The zero-order chi connectivity index (χ0) is 13.1. The number of nitrogens with zero attached hydrogens (tertiary/aromatic N) is 2. The number of hydrogen-bond donors (Lipinski definition) is 0. The molecule has 1 aromatic heterocycles. The van der Waals surface area contributed by atoms with Gasteiger partial charge in [-0.15, -0.1) is 11.3 Å². The topological polar surface area (TPSA) is 63.0 Å². The molecule has 18 heavy (non-hydrogen) atoms. The molecular weight excluding hydrogens is 248 g/mol. The molecule has 5 heteroatoms. The molecule has 0 radical (unpaired) electrons. The lowest BCUT2D eigenvalue weighted by Gasteiger charge is -2.05. The standard InChI is InChI=1S/C13H14N2O2S/c1-8(2)17-13(16)10(6-14)5-11-7-18-12(15-11)9-3-4-9/h5,7-9H,3-4H2,1-2H3/b10-5-. The molecule has 0 amide bonds. The van der Waals surface area contributed by atoms with E-state index in [-0.39, 0.29) is 11.7 Å². The lowest BCUT2D eigenvalue weighted by molar-refractivity contribution is -0.142. The molecule has 0 N–H and O–H groups in total. The van der Waals surface area contributed by atoms with Crippen molar-refractivity contribution in [3.8, 4) is 6.07 Å². The largest absolute Gasteiger partial charge is 0.459 e. The summed E-state index contributed by atoms with van der Waals surface area (Å²) in [6, 6.07) is 1.86. The average Bonchev–Trinajstić information content (AvgIpc) is 3.05. The lowest BCUT2D eigenvalue weighted by Crippen LogP contribution is -2.12. The molecule has 0 aliphatic heterocycles. The maximum atomic E-state index is 11.6. The fraction of sp³-hybridized carbons (Fsp3) is 0.462. The molecule has 1 aliphatic rings. The molecule has 0 spiro atoms. The zero-order valence-electron chi connectivity index (χ0n) is 10.3. The Kier molecular flexibility index (Phi) is 3.78. The highest BCUT2D eigenvalue weighted by molar-refractivity contribution is 7.09. The van der Waals surface area contributed by atoms with E-state index < -0.39 is 5.97 Å². The Morgan fingerprint density at radius 3 is 2.94 bits per heavy atom. The third kappa shape index (κ3) is 3.17. The number of esters is 1. The number of ether oxygens (including phenoxy) is 1. The average molecular weight is 262 g/mol. The van der Waals surface area contributed by atoms with Crippen molar-refractivity contribution in [1.82, 2.24) is 4.98 Å². The van der Waals surface area contributed by atoms with E-state index in [1.807, 2.05) is 11.4 Å². The fourth-order valence-electron chi connectivity index (χ4n) is 1.45. The SMILES string of the molecule is CC(C)OC(=O)/C(C#N)=C\c1csc(C2CC2)n1. The summed E-state index contributed by atoms with van der Waals surface area (Å²) in [5, 5.41) is 11.9. The van der Waals surface area contributed by atoms with Gasteiger partial charge in [0.15, 0.2) is 0 Å². The van der Waals surface area contributed by atoms with Crippen LogP contribution < -0.4 is 0 Å². The van der Waals surface area contributed by atoms with Crippen LogP contribution in [0.5, 0.6) is 0 Å². The monoisotopic (exact) mass is 262 g/mol. The van der Waals surface area contributed by atoms with Crippen molar-refractivity contribution in [2.75, 3.05) is 0 Å². The molecule has 0 unspecified atom stereocenters. The van der Waals surface area contributed by atoms with Crippen LogP contribution in [0.1, 0.15) is 43.3 Å². The Balaban J connectivity index is 2.12. The smallest absolute Gasteiger partial charge is 0.349 e. The Bertz CT molecular complexity index is 521. The van der Waals surface area contributed by atoms with Crippen molar-refractivity contribution in [2.45, 2.75) is 38.7 Å². The molecule has 4 nitrogen and oxygen atoms in total. The first-order valence-electron chi connectivity index (χ1n) is 5.88. The Labute approximate surface area is 110 Å². The van der Waals surface area contributed by atoms with Crippen LogP contribution in [0.4, 0.5) is 0 Å². The zero-order valence-corrected chi connectivity index (χ0v) is 11.2. The summed E-state index contributed by atoms with van der Waals surface area (Å²) in [7, 11) is 0. The minimum absolute atomic E-state index is 0.00338. The first-order valence-corrected chi connectivity index (χ1v) is 6.76.